The summed E-state index contributed by atoms with van der Waals surface area (Å²) in [6, 6.07) is 29.4. The zero-order valence-corrected chi connectivity index (χ0v) is 19.9. The fourth-order valence-corrected chi connectivity index (χ4v) is 4.37. The smallest absolute Gasteiger partial charge is 0.119 e. The van der Waals surface area contributed by atoms with Crippen molar-refractivity contribution in [2.24, 2.45) is 0 Å². The highest BCUT2D eigenvalue weighted by Gasteiger charge is 2.27. The summed E-state index contributed by atoms with van der Waals surface area (Å²) in [4.78, 5) is 0. The van der Waals surface area contributed by atoms with E-state index in [1.54, 1.807) is 14.2 Å². The van der Waals surface area contributed by atoms with Crippen molar-refractivity contribution >= 4 is 11.1 Å². The number of ether oxygens (including phenoxy) is 2. The van der Waals surface area contributed by atoms with Crippen LogP contribution in [0.25, 0.3) is 22.3 Å². The first-order valence-corrected chi connectivity index (χ1v) is 11.3. The number of allylic oxidation sites excluding steroid dienone is 1. The van der Waals surface area contributed by atoms with Crippen LogP contribution < -0.4 is 9.47 Å². The van der Waals surface area contributed by atoms with E-state index in [0.29, 0.717) is 0 Å². The Morgan fingerprint density at radius 2 is 1.09 bits per heavy atom. The Morgan fingerprint density at radius 1 is 0.588 bits per heavy atom. The van der Waals surface area contributed by atoms with E-state index in [9.17, 15) is 0 Å². The van der Waals surface area contributed by atoms with Gasteiger partial charge in [0.15, 0.2) is 0 Å². The summed E-state index contributed by atoms with van der Waals surface area (Å²) >= 11 is 0. The summed E-state index contributed by atoms with van der Waals surface area (Å²) < 4.78 is 11.2. The second-order valence-electron chi connectivity index (χ2n) is 8.56. The molecule has 4 aromatic carbocycles. The first-order chi connectivity index (χ1) is 16.6. The van der Waals surface area contributed by atoms with Crippen molar-refractivity contribution in [3.05, 3.63) is 118 Å². The third-order valence-electron chi connectivity index (χ3n) is 6.26. The molecule has 0 saturated carbocycles. The van der Waals surface area contributed by atoms with Crippen molar-refractivity contribution in [2.45, 2.75) is 13.8 Å². The van der Waals surface area contributed by atoms with E-state index in [4.69, 9.17) is 9.47 Å². The van der Waals surface area contributed by atoms with Gasteiger partial charge in [-0.1, -0.05) is 71.5 Å². The molecule has 1 aliphatic carbocycles. The molecule has 0 atom stereocenters. The van der Waals surface area contributed by atoms with Crippen LogP contribution in [0.15, 0.2) is 84.9 Å². The van der Waals surface area contributed by atoms with Gasteiger partial charge >= 0.3 is 0 Å². The van der Waals surface area contributed by atoms with Crippen molar-refractivity contribution < 1.29 is 9.47 Å². The molecule has 1 aliphatic rings. The minimum Gasteiger partial charge on any atom is -0.497 e. The molecule has 4 aromatic rings. The average Bonchev–Trinajstić information content (AvgIpc) is 3.19. The monoisotopic (exact) mass is 442 g/mol. The highest BCUT2D eigenvalue weighted by molar-refractivity contribution is 6.14. The maximum absolute atomic E-state index is 5.59. The number of methoxy groups -OCH3 is 2. The molecule has 0 aliphatic heterocycles. The molecule has 0 spiro atoms. The number of benzene rings is 4. The number of fused-ring (bicyclic) bond motifs is 3. The van der Waals surface area contributed by atoms with Gasteiger partial charge in [0.25, 0.3) is 0 Å². The largest absolute Gasteiger partial charge is 0.497 e. The van der Waals surface area contributed by atoms with E-state index < -0.39 is 0 Å². The Bertz CT molecular complexity index is 1410. The van der Waals surface area contributed by atoms with Crippen molar-refractivity contribution in [2.75, 3.05) is 14.2 Å². The van der Waals surface area contributed by atoms with Crippen molar-refractivity contribution in [1.29, 1.82) is 0 Å². The lowest BCUT2D eigenvalue weighted by Gasteiger charge is -2.11. The molecule has 0 radical (unpaired) electrons. The quantitative estimate of drug-likeness (QED) is 0.273. The molecular weight excluding hydrogens is 416 g/mol. The fraction of sp³-hybridized carbons (Fsp3) is 0.125. The highest BCUT2D eigenvalue weighted by Crippen LogP contribution is 2.49. The van der Waals surface area contributed by atoms with Gasteiger partial charge in [0.05, 0.1) is 14.2 Å². The van der Waals surface area contributed by atoms with Gasteiger partial charge in [-0.15, -0.1) is 0 Å². The SMILES string of the molecule is COc1ccc2c(c1)C(=C(C#Cc1ccc(C)cc1)c1ccc(C)cc1)c1cc(OC)ccc1-2. The maximum atomic E-state index is 5.59. The molecule has 0 heterocycles. The molecule has 166 valence electrons. The Kier molecular flexibility index (Phi) is 5.70. The van der Waals surface area contributed by atoms with Crippen LogP contribution in [0.3, 0.4) is 0 Å². The summed E-state index contributed by atoms with van der Waals surface area (Å²) in [5, 5.41) is 0. The van der Waals surface area contributed by atoms with Crippen LogP contribution in [0.1, 0.15) is 33.4 Å². The molecule has 0 N–H and O–H groups in total. The van der Waals surface area contributed by atoms with Gasteiger partial charge in [-0.25, -0.2) is 0 Å². The predicted molar refractivity (Wildman–Crippen MR) is 140 cm³/mol. The molecule has 5 rings (SSSR count). The zero-order valence-electron chi connectivity index (χ0n) is 19.9. The molecule has 0 bridgehead atoms. The summed E-state index contributed by atoms with van der Waals surface area (Å²) in [5.41, 5.74) is 11.2. The van der Waals surface area contributed by atoms with E-state index in [1.807, 2.05) is 12.1 Å². The van der Waals surface area contributed by atoms with Crippen LogP contribution >= 0.6 is 0 Å². The minimum atomic E-state index is 0.825. The van der Waals surface area contributed by atoms with Crippen LogP contribution in [-0.4, -0.2) is 14.2 Å². The molecule has 2 nitrogen and oxygen atoms in total. The molecule has 0 fully saturated rings. The van der Waals surface area contributed by atoms with Crippen LogP contribution in [0.5, 0.6) is 11.5 Å². The van der Waals surface area contributed by atoms with E-state index in [1.165, 1.54) is 22.3 Å². The van der Waals surface area contributed by atoms with Crippen LogP contribution in [0, 0.1) is 25.7 Å². The van der Waals surface area contributed by atoms with E-state index >= 15 is 0 Å². The van der Waals surface area contributed by atoms with Crippen LogP contribution in [0.2, 0.25) is 0 Å². The lowest BCUT2D eigenvalue weighted by Crippen LogP contribution is -1.93. The Hall–Kier alpha value is -4.22. The summed E-state index contributed by atoms with van der Waals surface area (Å²) in [5.74, 6) is 8.60. The van der Waals surface area contributed by atoms with Gasteiger partial charge < -0.3 is 9.47 Å². The first-order valence-electron chi connectivity index (χ1n) is 11.3. The number of aryl methyl sites for hydroxylation is 2. The lowest BCUT2D eigenvalue weighted by molar-refractivity contribution is 0.414. The predicted octanol–water partition coefficient (Wildman–Crippen LogP) is 7.31. The van der Waals surface area contributed by atoms with Gasteiger partial charge in [-0.3, -0.25) is 0 Å². The molecule has 0 amide bonds. The third-order valence-corrected chi connectivity index (χ3v) is 6.26. The highest BCUT2D eigenvalue weighted by atomic mass is 16.5. The normalized spacial score (nSPS) is 11.2. The van der Waals surface area contributed by atoms with Crippen LogP contribution in [-0.2, 0) is 0 Å². The third kappa shape index (κ3) is 3.98. The molecule has 2 heteroatoms. The van der Waals surface area contributed by atoms with Crippen LogP contribution in [0.4, 0.5) is 0 Å². The van der Waals surface area contributed by atoms with E-state index in [0.717, 1.165) is 44.9 Å². The van der Waals surface area contributed by atoms with E-state index in [2.05, 4.69) is 98.5 Å². The summed E-state index contributed by atoms with van der Waals surface area (Å²) in [7, 11) is 3.41. The maximum Gasteiger partial charge on any atom is 0.119 e. The molecule has 34 heavy (non-hydrogen) atoms. The molecule has 0 aromatic heterocycles. The Morgan fingerprint density at radius 3 is 1.59 bits per heavy atom. The zero-order chi connectivity index (χ0) is 23.7. The summed E-state index contributed by atoms with van der Waals surface area (Å²) in [6.45, 7) is 4.19. The fourth-order valence-electron chi connectivity index (χ4n) is 4.37. The standard InChI is InChI=1S/C32H26O2/c1-21-5-9-23(10-6-21)11-16-27(24-12-7-22(2)8-13-24)32-30-19-25(33-3)14-17-28(30)29-18-15-26(34-4)20-31(29)32/h5-10,12-15,17-20H,1-4H3. The van der Waals surface area contributed by atoms with Gasteiger partial charge in [0, 0.05) is 16.7 Å². The van der Waals surface area contributed by atoms with Gasteiger partial charge in [-0.2, -0.15) is 0 Å². The number of hydrogen-bond donors (Lipinski definition) is 0. The minimum absolute atomic E-state index is 0.825. The van der Waals surface area contributed by atoms with Crippen molar-refractivity contribution in [1.82, 2.24) is 0 Å². The number of hydrogen-bond acceptors (Lipinski definition) is 2. The van der Waals surface area contributed by atoms with Crippen molar-refractivity contribution in [3.63, 3.8) is 0 Å². The first kappa shape index (κ1) is 21.6. The molecule has 0 saturated heterocycles. The van der Waals surface area contributed by atoms with Crippen molar-refractivity contribution in [3.8, 4) is 34.5 Å². The second kappa shape index (κ2) is 8.96. The Labute approximate surface area is 201 Å². The van der Waals surface area contributed by atoms with E-state index in [-0.39, 0.29) is 0 Å². The molecular formula is C32H26O2. The van der Waals surface area contributed by atoms with Gasteiger partial charge in [0.1, 0.15) is 11.5 Å². The summed E-state index contributed by atoms with van der Waals surface area (Å²) in [6.07, 6.45) is 0. The molecule has 0 unspecified atom stereocenters. The average molecular weight is 443 g/mol. The van der Waals surface area contributed by atoms with Gasteiger partial charge in [-0.05, 0) is 78.1 Å². The topological polar surface area (TPSA) is 18.5 Å². The lowest BCUT2D eigenvalue weighted by atomic mass is 9.92. The second-order valence-corrected chi connectivity index (χ2v) is 8.56. The number of rotatable bonds is 3. The van der Waals surface area contributed by atoms with Gasteiger partial charge in [0.2, 0.25) is 0 Å². The Balaban J connectivity index is 1.83.